The van der Waals surface area contributed by atoms with Crippen LogP contribution in [-0.4, -0.2) is 35.1 Å². The second-order valence-corrected chi connectivity index (χ2v) is 6.65. The molecule has 0 N–H and O–H groups in total. The summed E-state index contributed by atoms with van der Waals surface area (Å²) in [4.78, 5) is 29.6. The van der Waals surface area contributed by atoms with Crippen molar-refractivity contribution in [2.24, 2.45) is 11.8 Å². The Balaban J connectivity index is 2.03. The first-order valence-corrected chi connectivity index (χ1v) is 8.61. The number of pyridine rings is 1. The van der Waals surface area contributed by atoms with Gasteiger partial charge < -0.3 is 9.64 Å². The van der Waals surface area contributed by atoms with Gasteiger partial charge in [-0.3, -0.25) is 10.1 Å². The van der Waals surface area contributed by atoms with Crippen LogP contribution in [0.1, 0.15) is 49.9 Å². The molecule has 1 aromatic heterocycles. The Hall–Kier alpha value is -2.18. The van der Waals surface area contributed by atoms with Crippen LogP contribution in [0.25, 0.3) is 0 Å². The van der Waals surface area contributed by atoms with Gasteiger partial charge in [-0.25, -0.2) is 9.78 Å². The smallest absolute Gasteiger partial charge is 0.345 e. The van der Waals surface area contributed by atoms with E-state index in [0.29, 0.717) is 17.7 Å². The SMILES string of the molecule is CCOC(=O)c1ccnc(N2CC(C)C3CCCCC32)c1[N+](=O)[O-]. The first-order chi connectivity index (χ1) is 11.5. The van der Waals surface area contributed by atoms with Crippen molar-refractivity contribution in [2.45, 2.75) is 45.6 Å². The van der Waals surface area contributed by atoms with Gasteiger partial charge in [-0.2, -0.15) is 0 Å². The third-order valence-corrected chi connectivity index (χ3v) is 5.25. The van der Waals surface area contributed by atoms with Crippen LogP contribution in [-0.2, 0) is 4.74 Å². The summed E-state index contributed by atoms with van der Waals surface area (Å²) >= 11 is 0. The Labute approximate surface area is 141 Å². The van der Waals surface area contributed by atoms with E-state index in [1.165, 1.54) is 18.7 Å². The van der Waals surface area contributed by atoms with Crippen LogP contribution in [0.3, 0.4) is 0 Å². The minimum atomic E-state index is -0.666. The number of carbonyl (C=O) groups is 1. The number of esters is 1. The molecule has 0 amide bonds. The predicted molar refractivity (Wildman–Crippen MR) is 89.1 cm³/mol. The number of nitrogens with zero attached hydrogens (tertiary/aromatic N) is 3. The largest absolute Gasteiger partial charge is 0.462 e. The van der Waals surface area contributed by atoms with Gasteiger partial charge in [0.05, 0.1) is 11.5 Å². The molecule has 7 heteroatoms. The van der Waals surface area contributed by atoms with Gasteiger partial charge in [0, 0.05) is 18.8 Å². The Morgan fingerprint density at radius 1 is 1.46 bits per heavy atom. The van der Waals surface area contributed by atoms with Crippen molar-refractivity contribution in [1.82, 2.24) is 4.98 Å². The summed E-state index contributed by atoms with van der Waals surface area (Å²) in [7, 11) is 0. The highest BCUT2D eigenvalue weighted by molar-refractivity contribution is 5.96. The van der Waals surface area contributed by atoms with Gasteiger partial charge in [0.2, 0.25) is 5.82 Å². The van der Waals surface area contributed by atoms with Crippen LogP contribution in [0.4, 0.5) is 11.5 Å². The molecule has 3 rings (SSSR count). The number of rotatable bonds is 4. The number of carbonyl (C=O) groups excluding carboxylic acids is 1. The molecule has 0 bridgehead atoms. The van der Waals surface area contributed by atoms with Gasteiger partial charge in [-0.1, -0.05) is 19.8 Å². The minimum absolute atomic E-state index is 0.0150. The molecule has 3 unspecified atom stereocenters. The maximum absolute atomic E-state index is 12.1. The molecule has 24 heavy (non-hydrogen) atoms. The Morgan fingerprint density at radius 3 is 2.92 bits per heavy atom. The minimum Gasteiger partial charge on any atom is -0.462 e. The maximum Gasteiger partial charge on any atom is 0.345 e. The molecule has 2 heterocycles. The first kappa shape index (κ1) is 16.7. The van der Waals surface area contributed by atoms with E-state index in [9.17, 15) is 14.9 Å². The molecule has 1 saturated heterocycles. The monoisotopic (exact) mass is 333 g/mol. The van der Waals surface area contributed by atoms with Crippen molar-refractivity contribution in [3.63, 3.8) is 0 Å². The van der Waals surface area contributed by atoms with Crippen LogP contribution in [0.15, 0.2) is 12.3 Å². The zero-order chi connectivity index (χ0) is 17.3. The summed E-state index contributed by atoms with van der Waals surface area (Å²) in [5.74, 6) is 0.668. The van der Waals surface area contributed by atoms with Gasteiger partial charge in [-0.05, 0) is 37.7 Å². The van der Waals surface area contributed by atoms with Crippen LogP contribution < -0.4 is 4.90 Å². The third kappa shape index (κ3) is 2.83. The molecule has 2 aliphatic rings. The molecule has 7 nitrogen and oxygen atoms in total. The number of hydrogen-bond acceptors (Lipinski definition) is 6. The van der Waals surface area contributed by atoms with Gasteiger partial charge in [0.25, 0.3) is 0 Å². The van der Waals surface area contributed by atoms with E-state index < -0.39 is 10.9 Å². The van der Waals surface area contributed by atoms with Crippen LogP contribution in [0.5, 0.6) is 0 Å². The maximum atomic E-state index is 12.1. The number of aromatic nitrogens is 1. The lowest BCUT2D eigenvalue weighted by atomic mass is 9.80. The van der Waals surface area contributed by atoms with Crippen LogP contribution in [0, 0.1) is 22.0 Å². The van der Waals surface area contributed by atoms with Crippen molar-refractivity contribution >= 4 is 17.5 Å². The lowest BCUT2D eigenvalue weighted by molar-refractivity contribution is -0.384. The second-order valence-electron chi connectivity index (χ2n) is 6.65. The molecule has 1 aliphatic carbocycles. The highest BCUT2D eigenvalue weighted by Gasteiger charge is 2.44. The fourth-order valence-electron chi connectivity index (χ4n) is 4.22. The predicted octanol–water partition coefficient (Wildman–Crippen LogP) is 3.18. The second kappa shape index (κ2) is 6.75. The van der Waals surface area contributed by atoms with E-state index in [1.54, 1.807) is 6.92 Å². The van der Waals surface area contributed by atoms with Gasteiger partial charge in [0.1, 0.15) is 5.56 Å². The molecular formula is C17H23N3O4. The van der Waals surface area contributed by atoms with E-state index in [-0.39, 0.29) is 23.9 Å². The topological polar surface area (TPSA) is 85.6 Å². The van der Waals surface area contributed by atoms with E-state index >= 15 is 0 Å². The zero-order valence-electron chi connectivity index (χ0n) is 14.1. The zero-order valence-corrected chi connectivity index (χ0v) is 14.1. The van der Waals surface area contributed by atoms with Crippen molar-refractivity contribution in [1.29, 1.82) is 0 Å². The molecule has 130 valence electrons. The van der Waals surface area contributed by atoms with Crippen LogP contribution >= 0.6 is 0 Å². The molecule has 1 aliphatic heterocycles. The number of hydrogen-bond donors (Lipinski definition) is 0. The highest BCUT2D eigenvalue weighted by Crippen LogP contribution is 2.44. The standard InChI is InChI=1S/C17H23N3O4/c1-3-24-17(21)13-8-9-18-16(15(13)20(22)23)19-10-11(2)12-6-4-5-7-14(12)19/h8-9,11-12,14H,3-7,10H2,1-2H3. The highest BCUT2D eigenvalue weighted by atomic mass is 16.6. The van der Waals surface area contributed by atoms with Crippen molar-refractivity contribution in [3.05, 3.63) is 27.9 Å². The van der Waals surface area contributed by atoms with Gasteiger partial charge in [-0.15, -0.1) is 0 Å². The quantitative estimate of drug-likeness (QED) is 0.478. The molecule has 0 spiro atoms. The number of ether oxygens (including phenoxy) is 1. The first-order valence-electron chi connectivity index (χ1n) is 8.61. The number of fused-ring (bicyclic) bond motifs is 1. The Bertz CT molecular complexity index is 649. The lowest BCUT2D eigenvalue weighted by Crippen LogP contribution is -2.36. The van der Waals surface area contributed by atoms with Crippen molar-refractivity contribution in [2.75, 3.05) is 18.1 Å². The molecule has 0 aromatic carbocycles. The fraction of sp³-hybridized carbons (Fsp3) is 0.647. The lowest BCUT2D eigenvalue weighted by Gasteiger charge is -2.32. The third-order valence-electron chi connectivity index (χ3n) is 5.25. The Morgan fingerprint density at radius 2 is 2.21 bits per heavy atom. The summed E-state index contributed by atoms with van der Waals surface area (Å²) in [5, 5.41) is 11.7. The van der Waals surface area contributed by atoms with Crippen molar-refractivity contribution < 1.29 is 14.5 Å². The van der Waals surface area contributed by atoms with Crippen LogP contribution in [0.2, 0.25) is 0 Å². The molecule has 3 atom stereocenters. The van der Waals surface area contributed by atoms with E-state index in [0.717, 1.165) is 25.8 Å². The number of nitro groups is 1. The Kier molecular flexibility index (Phi) is 4.69. The fourth-order valence-corrected chi connectivity index (χ4v) is 4.22. The summed E-state index contributed by atoms with van der Waals surface area (Å²) in [6.45, 7) is 4.80. The summed E-state index contributed by atoms with van der Waals surface area (Å²) in [6.07, 6.45) is 6.01. The molecular weight excluding hydrogens is 310 g/mol. The number of anilines is 1. The van der Waals surface area contributed by atoms with E-state index in [1.807, 2.05) is 0 Å². The average molecular weight is 333 g/mol. The van der Waals surface area contributed by atoms with E-state index in [2.05, 4.69) is 16.8 Å². The van der Waals surface area contributed by atoms with Crippen molar-refractivity contribution in [3.8, 4) is 0 Å². The molecule has 1 aromatic rings. The summed E-state index contributed by atoms with van der Waals surface area (Å²) in [5.41, 5.74) is -0.242. The molecule has 1 saturated carbocycles. The summed E-state index contributed by atoms with van der Waals surface area (Å²) < 4.78 is 4.97. The molecule has 0 radical (unpaired) electrons. The normalized spacial score (nSPS) is 26.1. The van der Waals surface area contributed by atoms with Gasteiger partial charge in [0.15, 0.2) is 0 Å². The summed E-state index contributed by atoms with van der Waals surface area (Å²) in [6, 6.07) is 1.65. The average Bonchev–Trinajstić information content (AvgIpc) is 2.91. The molecule has 2 fully saturated rings. The van der Waals surface area contributed by atoms with Gasteiger partial charge >= 0.3 is 11.7 Å². The van der Waals surface area contributed by atoms with E-state index in [4.69, 9.17) is 4.74 Å².